The molecular weight excluding hydrogens is 174 g/mol. The highest BCUT2D eigenvalue weighted by Gasteiger charge is 2.45. The number of rotatable bonds is 0. The molecule has 1 fully saturated rings. The summed E-state index contributed by atoms with van der Waals surface area (Å²) in [6.45, 7) is 12.6. The summed E-state index contributed by atoms with van der Waals surface area (Å²) in [5, 5.41) is 0. The first-order valence-electron chi connectivity index (χ1n) is 5.48. The van der Waals surface area contributed by atoms with Gasteiger partial charge in [0, 0.05) is 18.0 Å². The molecule has 1 saturated heterocycles. The molecule has 2 heteroatoms. The van der Waals surface area contributed by atoms with Crippen LogP contribution < -0.4 is 0 Å². The molecule has 0 bridgehead atoms. The van der Waals surface area contributed by atoms with Crippen LogP contribution in [-0.2, 0) is 4.79 Å². The van der Waals surface area contributed by atoms with Gasteiger partial charge < -0.3 is 4.90 Å². The lowest BCUT2D eigenvalue weighted by atomic mass is 9.74. The van der Waals surface area contributed by atoms with Gasteiger partial charge in [-0.25, -0.2) is 0 Å². The standard InChI is InChI=1S/C12H23NO/c1-9-7-11(3,4)13(10(2)14)12(5,6)8-9/h9H,7-8H2,1-6H3. The van der Waals surface area contributed by atoms with E-state index in [0.717, 1.165) is 12.8 Å². The van der Waals surface area contributed by atoms with Gasteiger partial charge in [-0.1, -0.05) is 6.92 Å². The minimum absolute atomic E-state index is 0.00694. The van der Waals surface area contributed by atoms with Gasteiger partial charge in [0.2, 0.25) is 5.91 Å². The summed E-state index contributed by atoms with van der Waals surface area (Å²) in [6, 6.07) is 0. The van der Waals surface area contributed by atoms with Crippen LogP contribution in [0.1, 0.15) is 54.4 Å². The molecule has 0 N–H and O–H groups in total. The third-order valence-corrected chi connectivity index (χ3v) is 3.22. The number of nitrogens with zero attached hydrogens (tertiary/aromatic N) is 1. The number of piperidine rings is 1. The molecule has 1 aliphatic heterocycles. The Morgan fingerprint density at radius 1 is 1.14 bits per heavy atom. The van der Waals surface area contributed by atoms with Crippen molar-refractivity contribution in [3.05, 3.63) is 0 Å². The molecule has 0 aromatic heterocycles. The van der Waals surface area contributed by atoms with Crippen molar-refractivity contribution in [3.8, 4) is 0 Å². The van der Waals surface area contributed by atoms with E-state index in [1.54, 1.807) is 6.92 Å². The molecule has 14 heavy (non-hydrogen) atoms. The molecule has 0 aliphatic carbocycles. The maximum Gasteiger partial charge on any atom is 0.220 e. The highest BCUT2D eigenvalue weighted by molar-refractivity contribution is 5.75. The van der Waals surface area contributed by atoms with Crippen molar-refractivity contribution in [1.29, 1.82) is 0 Å². The summed E-state index contributed by atoms with van der Waals surface area (Å²) in [6.07, 6.45) is 2.21. The van der Waals surface area contributed by atoms with Gasteiger partial charge >= 0.3 is 0 Å². The third kappa shape index (κ3) is 1.94. The average molecular weight is 197 g/mol. The van der Waals surface area contributed by atoms with E-state index in [9.17, 15) is 4.79 Å². The zero-order chi connectivity index (χ0) is 11.1. The molecule has 0 aromatic rings. The van der Waals surface area contributed by atoms with E-state index >= 15 is 0 Å². The second-order valence-corrected chi connectivity index (χ2v) is 5.99. The fourth-order valence-corrected chi connectivity index (χ4v) is 3.63. The summed E-state index contributed by atoms with van der Waals surface area (Å²) in [7, 11) is 0. The van der Waals surface area contributed by atoms with Crippen molar-refractivity contribution in [2.24, 2.45) is 5.92 Å². The number of hydrogen-bond donors (Lipinski definition) is 0. The Morgan fingerprint density at radius 3 is 1.79 bits per heavy atom. The van der Waals surface area contributed by atoms with Crippen LogP contribution in [0.25, 0.3) is 0 Å². The van der Waals surface area contributed by atoms with Crippen LogP contribution in [0.2, 0.25) is 0 Å². The zero-order valence-corrected chi connectivity index (χ0v) is 10.3. The Labute approximate surface area is 87.7 Å². The minimum Gasteiger partial charge on any atom is -0.333 e. The summed E-state index contributed by atoms with van der Waals surface area (Å²) < 4.78 is 0. The SMILES string of the molecule is CC(=O)N1C(C)(C)CC(C)CC1(C)C. The molecule has 1 heterocycles. The van der Waals surface area contributed by atoms with E-state index < -0.39 is 0 Å². The van der Waals surface area contributed by atoms with Gasteiger partial charge in [0.15, 0.2) is 0 Å². The number of carbonyl (C=O) groups is 1. The minimum atomic E-state index is 0.00694. The van der Waals surface area contributed by atoms with E-state index in [4.69, 9.17) is 0 Å². The summed E-state index contributed by atoms with van der Waals surface area (Å²) in [4.78, 5) is 13.7. The normalized spacial score (nSPS) is 26.3. The molecule has 1 aliphatic rings. The number of amides is 1. The Hall–Kier alpha value is -0.530. The van der Waals surface area contributed by atoms with E-state index in [2.05, 4.69) is 39.5 Å². The van der Waals surface area contributed by atoms with Crippen molar-refractivity contribution in [1.82, 2.24) is 4.90 Å². The molecule has 82 valence electrons. The predicted octanol–water partition coefficient (Wildman–Crippen LogP) is 2.82. The molecule has 0 unspecified atom stereocenters. The highest BCUT2D eigenvalue weighted by Crippen LogP contribution is 2.40. The maximum absolute atomic E-state index is 11.7. The lowest BCUT2D eigenvalue weighted by Gasteiger charge is -2.54. The first-order valence-corrected chi connectivity index (χ1v) is 5.48. The van der Waals surface area contributed by atoms with Crippen LogP contribution in [0.3, 0.4) is 0 Å². The zero-order valence-electron chi connectivity index (χ0n) is 10.3. The molecule has 1 amide bonds. The summed E-state index contributed by atoms with van der Waals surface area (Å²) in [5.74, 6) is 0.905. The number of carbonyl (C=O) groups excluding carboxylic acids is 1. The predicted molar refractivity (Wildman–Crippen MR) is 59.1 cm³/mol. The molecule has 2 nitrogen and oxygen atoms in total. The lowest BCUT2D eigenvalue weighted by Crippen LogP contribution is -2.61. The maximum atomic E-state index is 11.7. The van der Waals surface area contributed by atoms with Crippen molar-refractivity contribution < 1.29 is 4.79 Å². The van der Waals surface area contributed by atoms with E-state index in [-0.39, 0.29) is 17.0 Å². The van der Waals surface area contributed by atoms with Gasteiger partial charge in [0.1, 0.15) is 0 Å². The fraction of sp³-hybridized carbons (Fsp3) is 0.917. The molecular formula is C12H23NO. The average Bonchev–Trinajstić information content (AvgIpc) is 1.75. The van der Waals surface area contributed by atoms with Crippen LogP contribution in [0.4, 0.5) is 0 Å². The van der Waals surface area contributed by atoms with Crippen molar-refractivity contribution >= 4 is 5.91 Å². The Balaban J connectivity index is 3.03. The van der Waals surface area contributed by atoms with Crippen molar-refractivity contribution in [2.75, 3.05) is 0 Å². The summed E-state index contributed by atoms with van der Waals surface area (Å²) >= 11 is 0. The third-order valence-electron chi connectivity index (χ3n) is 3.22. The Bertz CT molecular complexity index is 225. The van der Waals surface area contributed by atoms with Crippen LogP contribution in [-0.4, -0.2) is 21.9 Å². The van der Waals surface area contributed by atoms with Crippen molar-refractivity contribution in [3.63, 3.8) is 0 Å². The second kappa shape index (κ2) is 3.25. The molecule has 0 spiro atoms. The first kappa shape index (κ1) is 11.5. The van der Waals surface area contributed by atoms with E-state index in [1.807, 2.05) is 0 Å². The van der Waals surface area contributed by atoms with Gasteiger partial charge in [-0.2, -0.15) is 0 Å². The second-order valence-electron chi connectivity index (χ2n) is 5.99. The van der Waals surface area contributed by atoms with Crippen LogP contribution >= 0.6 is 0 Å². The smallest absolute Gasteiger partial charge is 0.220 e. The van der Waals surface area contributed by atoms with Crippen molar-refractivity contribution in [2.45, 2.75) is 65.5 Å². The molecule has 0 atom stereocenters. The Kier molecular flexibility index (Phi) is 2.68. The van der Waals surface area contributed by atoms with E-state index in [0.29, 0.717) is 5.92 Å². The van der Waals surface area contributed by atoms with Gasteiger partial charge in [-0.05, 0) is 46.5 Å². The van der Waals surface area contributed by atoms with Crippen LogP contribution in [0, 0.1) is 5.92 Å². The summed E-state index contributed by atoms with van der Waals surface area (Å²) in [5.41, 5.74) is 0.0139. The molecule has 1 rings (SSSR count). The van der Waals surface area contributed by atoms with Crippen LogP contribution in [0.5, 0.6) is 0 Å². The lowest BCUT2D eigenvalue weighted by molar-refractivity contribution is -0.148. The monoisotopic (exact) mass is 197 g/mol. The highest BCUT2D eigenvalue weighted by atomic mass is 16.2. The number of likely N-dealkylation sites (tertiary alicyclic amines) is 1. The topological polar surface area (TPSA) is 20.3 Å². The van der Waals surface area contributed by atoms with Gasteiger partial charge in [-0.3, -0.25) is 4.79 Å². The quantitative estimate of drug-likeness (QED) is 0.585. The van der Waals surface area contributed by atoms with Gasteiger partial charge in [0.05, 0.1) is 0 Å². The van der Waals surface area contributed by atoms with Gasteiger partial charge in [-0.15, -0.1) is 0 Å². The first-order chi connectivity index (χ1) is 6.17. The van der Waals surface area contributed by atoms with Gasteiger partial charge in [0.25, 0.3) is 0 Å². The fourth-order valence-electron chi connectivity index (χ4n) is 3.63. The van der Waals surface area contributed by atoms with E-state index in [1.165, 1.54) is 0 Å². The molecule has 0 radical (unpaired) electrons. The number of hydrogen-bond acceptors (Lipinski definition) is 1. The Morgan fingerprint density at radius 2 is 1.50 bits per heavy atom. The molecule has 0 aromatic carbocycles. The van der Waals surface area contributed by atoms with Crippen LogP contribution in [0.15, 0.2) is 0 Å². The largest absolute Gasteiger partial charge is 0.333 e. The molecule has 0 saturated carbocycles.